The van der Waals surface area contributed by atoms with Crippen molar-refractivity contribution in [3.63, 3.8) is 0 Å². The van der Waals surface area contributed by atoms with Gasteiger partial charge in [-0.1, -0.05) is 24.3 Å². The minimum atomic E-state index is -0.379. The van der Waals surface area contributed by atoms with E-state index in [1.807, 2.05) is 34.7 Å². The summed E-state index contributed by atoms with van der Waals surface area (Å²) in [6.45, 7) is 1.36. The molecule has 1 saturated heterocycles. The molecule has 156 valence electrons. The van der Waals surface area contributed by atoms with Gasteiger partial charge in [0.1, 0.15) is 5.82 Å². The molecular formula is C24H20FN3O2S. The smallest absolute Gasteiger partial charge is 0.254 e. The summed E-state index contributed by atoms with van der Waals surface area (Å²) in [6, 6.07) is 13.7. The maximum atomic E-state index is 14.1. The number of hydrogen-bond acceptors (Lipinski definition) is 5. The Morgan fingerprint density at radius 2 is 1.90 bits per heavy atom. The molecule has 0 N–H and O–H groups in total. The molecule has 2 aromatic heterocycles. The average molecular weight is 434 g/mol. The van der Waals surface area contributed by atoms with Gasteiger partial charge in [0.15, 0.2) is 5.76 Å². The molecular weight excluding hydrogens is 413 g/mol. The van der Waals surface area contributed by atoms with Crippen LogP contribution in [0, 0.1) is 5.82 Å². The van der Waals surface area contributed by atoms with Crippen molar-refractivity contribution in [3.8, 4) is 22.8 Å². The number of thiazole rings is 1. The molecule has 0 radical (unpaired) electrons. The van der Waals surface area contributed by atoms with Crippen LogP contribution in [0.15, 0.2) is 70.7 Å². The van der Waals surface area contributed by atoms with Gasteiger partial charge < -0.3 is 9.32 Å². The van der Waals surface area contributed by atoms with Crippen molar-refractivity contribution in [1.29, 1.82) is 0 Å². The highest BCUT2D eigenvalue weighted by Gasteiger charge is 2.28. The van der Waals surface area contributed by atoms with Gasteiger partial charge in [-0.05, 0) is 37.1 Å². The quantitative estimate of drug-likeness (QED) is 0.419. The van der Waals surface area contributed by atoms with Gasteiger partial charge in [0.05, 0.1) is 22.3 Å². The third-order valence-electron chi connectivity index (χ3n) is 5.54. The van der Waals surface area contributed by atoms with Crippen LogP contribution in [0.5, 0.6) is 0 Å². The zero-order valence-corrected chi connectivity index (χ0v) is 17.5. The Kier molecular flexibility index (Phi) is 5.34. The number of carbonyl (C=O) groups excluding carboxylic acids is 1. The second-order valence-corrected chi connectivity index (χ2v) is 8.44. The van der Waals surface area contributed by atoms with E-state index in [0.29, 0.717) is 41.4 Å². The summed E-state index contributed by atoms with van der Waals surface area (Å²) in [5.41, 5.74) is 1.48. The van der Waals surface area contributed by atoms with Crippen LogP contribution >= 0.6 is 11.3 Å². The lowest BCUT2D eigenvalue weighted by molar-refractivity contribution is 0.0707. The molecule has 0 spiro atoms. The molecule has 3 heterocycles. The largest absolute Gasteiger partial charge is 0.436 e. The molecule has 1 unspecified atom stereocenters. The first-order valence-electron chi connectivity index (χ1n) is 10.2. The topological polar surface area (TPSA) is 59.2 Å². The molecule has 0 saturated carbocycles. The summed E-state index contributed by atoms with van der Waals surface area (Å²) >= 11 is 1.64. The Bertz CT molecular complexity index is 1210. The number of piperidine rings is 1. The van der Waals surface area contributed by atoms with E-state index < -0.39 is 0 Å². The van der Waals surface area contributed by atoms with Gasteiger partial charge in [-0.2, -0.15) is 0 Å². The third-order valence-corrected chi connectivity index (χ3v) is 6.48. The van der Waals surface area contributed by atoms with E-state index in [9.17, 15) is 9.18 Å². The SMILES string of the molecule is O=C(c1ccccc1-c1ncc(-c2ccccc2F)o1)N1CCCC(c2nccs2)C1. The number of aromatic nitrogens is 2. The molecule has 1 aliphatic rings. The fourth-order valence-corrected chi connectivity index (χ4v) is 4.78. The summed E-state index contributed by atoms with van der Waals surface area (Å²) < 4.78 is 20.0. The number of likely N-dealkylation sites (tertiary alicyclic amines) is 1. The summed E-state index contributed by atoms with van der Waals surface area (Å²) in [7, 11) is 0. The minimum absolute atomic E-state index is 0.0532. The number of carbonyl (C=O) groups is 1. The molecule has 1 atom stereocenters. The summed E-state index contributed by atoms with van der Waals surface area (Å²) in [5.74, 6) is 0.464. The van der Waals surface area contributed by atoms with Gasteiger partial charge in [-0.25, -0.2) is 14.4 Å². The van der Waals surface area contributed by atoms with Crippen LogP contribution in [0.2, 0.25) is 0 Å². The summed E-state index contributed by atoms with van der Waals surface area (Å²) in [4.78, 5) is 24.1. The van der Waals surface area contributed by atoms with Crippen molar-refractivity contribution < 1.29 is 13.6 Å². The standard InChI is InChI=1S/C24H20FN3O2S/c25-20-10-4-3-9-19(20)21-14-27-22(30-21)17-7-1-2-8-18(17)24(29)28-12-5-6-16(15-28)23-26-11-13-31-23/h1-4,7-11,13-14,16H,5-6,12,15H2. The molecule has 5 rings (SSSR count). The maximum absolute atomic E-state index is 14.1. The van der Waals surface area contributed by atoms with E-state index in [4.69, 9.17) is 4.42 Å². The van der Waals surface area contributed by atoms with Crippen LogP contribution in [-0.2, 0) is 0 Å². The average Bonchev–Trinajstić information content (AvgIpc) is 3.52. The number of oxazole rings is 1. The van der Waals surface area contributed by atoms with E-state index in [1.54, 1.807) is 35.6 Å². The van der Waals surface area contributed by atoms with E-state index >= 15 is 0 Å². The second kappa shape index (κ2) is 8.43. The molecule has 5 nitrogen and oxygen atoms in total. The summed E-state index contributed by atoms with van der Waals surface area (Å²) in [6.07, 6.45) is 5.28. The van der Waals surface area contributed by atoms with E-state index in [2.05, 4.69) is 9.97 Å². The van der Waals surface area contributed by atoms with Crippen LogP contribution < -0.4 is 0 Å². The van der Waals surface area contributed by atoms with Crippen LogP contribution in [-0.4, -0.2) is 33.9 Å². The van der Waals surface area contributed by atoms with Crippen molar-refractivity contribution in [2.24, 2.45) is 0 Å². The van der Waals surface area contributed by atoms with Crippen molar-refractivity contribution >= 4 is 17.2 Å². The number of halogens is 1. The number of amides is 1. The van der Waals surface area contributed by atoms with Gasteiger partial charge >= 0.3 is 0 Å². The second-order valence-electron chi connectivity index (χ2n) is 7.52. The van der Waals surface area contributed by atoms with Gasteiger partial charge in [-0.3, -0.25) is 4.79 Å². The first-order chi connectivity index (χ1) is 15.2. The first kappa shape index (κ1) is 19.6. The molecule has 1 aliphatic heterocycles. The highest BCUT2D eigenvalue weighted by atomic mass is 32.1. The molecule has 7 heteroatoms. The number of hydrogen-bond donors (Lipinski definition) is 0. The lowest BCUT2D eigenvalue weighted by atomic mass is 9.97. The highest BCUT2D eigenvalue weighted by Crippen LogP contribution is 2.32. The zero-order valence-electron chi connectivity index (χ0n) is 16.7. The highest BCUT2D eigenvalue weighted by molar-refractivity contribution is 7.09. The Morgan fingerprint density at radius 3 is 2.71 bits per heavy atom. The Balaban J connectivity index is 1.43. The van der Waals surface area contributed by atoms with Crippen LogP contribution in [0.3, 0.4) is 0 Å². The molecule has 1 amide bonds. The van der Waals surface area contributed by atoms with Crippen molar-refractivity contribution in [1.82, 2.24) is 14.9 Å². The lowest BCUT2D eigenvalue weighted by Crippen LogP contribution is -2.39. The predicted octanol–water partition coefficient (Wildman–Crippen LogP) is 5.62. The van der Waals surface area contributed by atoms with Crippen molar-refractivity contribution in [2.45, 2.75) is 18.8 Å². The fraction of sp³-hybridized carbons (Fsp3) is 0.208. The first-order valence-corrected chi connectivity index (χ1v) is 11.1. The Morgan fingerprint density at radius 1 is 1.10 bits per heavy atom. The van der Waals surface area contributed by atoms with E-state index in [1.165, 1.54) is 12.3 Å². The zero-order chi connectivity index (χ0) is 21.2. The van der Waals surface area contributed by atoms with Gasteiger partial charge in [-0.15, -0.1) is 11.3 Å². The molecule has 31 heavy (non-hydrogen) atoms. The third kappa shape index (κ3) is 3.88. The van der Waals surface area contributed by atoms with Crippen LogP contribution in [0.4, 0.5) is 4.39 Å². The molecule has 0 aliphatic carbocycles. The van der Waals surface area contributed by atoms with Crippen LogP contribution in [0.1, 0.15) is 34.1 Å². The predicted molar refractivity (Wildman–Crippen MR) is 117 cm³/mol. The lowest BCUT2D eigenvalue weighted by Gasteiger charge is -2.32. The molecule has 1 fully saturated rings. The van der Waals surface area contributed by atoms with Crippen LogP contribution in [0.25, 0.3) is 22.8 Å². The number of benzene rings is 2. The van der Waals surface area contributed by atoms with Crippen molar-refractivity contribution in [3.05, 3.63) is 82.7 Å². The summed E-state index contributed by atoms with van der Waals surface area (Å²) in [5, 5.41) is 3.05. The Labute approximate surface area is 183 Å². The van der Waals surface area contributed by atoms with Gasteiger partial charge in [0.25, 0.3) is 5.91 Å². The monoisotopic (exact) mass is 433 g/mol. The Hall–Kier alpha value is -3.32. The molecule has 0 bridgehead atoms. The maximum Gasteiger partial charge on any atom is 0.254 e. The molecule has 4 aromatic rings. The van der Waals surface area contributed by atoms with Gasteiger partial charge in [0.2, 0.25) is 5.89 Å². The van der Waals surface area contributed by atoms with E-state index in [-0.39, 0.29) is 17.6 Å². The normalized spacial score (nSPS) is 16.4. The number of nitrogens with zero attached hydrogens (tertiary/aromatic N) is 3. The van der Waals surface area contributed by atoms with Gasteiger partial charge in [0, 0.05) is 36.1 Å². The number of rotatable bonds is 4. The fourth-order valence-electron chi connectivity index (χ4n) is 4.01. The van der Waals surface area contributed by atoms with Crippen molar-refractivity contribution in [2.75, 3.05) is 13.1 Å². The minimum Gasteiger partial charge on any atom is -0.436 e. The van der Waals surface area contributed by atoms with E-state index in [0.717, 1.165) is 17.8 Å². The molecule has 2 aromatic carbocycles.